The van der Waals surface area contributed by atoms with E-state index in [9.17, 15) is 19.5 Å². The molecule has 2 amide bonds. The molecule has 34 heavy (non-hydrogen) atoms. The van der Waals surface area contributed by atoms with Crippen LogP contribution < -0.4 is 10.6 Å². The van der Waals surface area contributed by atoms with Gasteiger partial charge in [0.05, 0.1) is 0 Å². The van der Waals surface area contributed by atoms with Crippen LogP contribution in [0, 0.1) is 0 Å². The summed E-state index contributed by atoms with van der Waals surface area (Å²) in [4.78, 5) is 37.0. The minimum absolute atomic E-state index is 0.0837. The van der Waals surface area contributed by atoms with Crippen molar-refractivity contribution in [3.05, 3.63) is 59.7 Å². The van der Waals surface area contributed by atoms with E-state index in [4.69, 9.17) is 4.74 Å². The number of carboxylic acids is 1. The first-order valence-electron chi connectivity index (χ1n) is 11.1. The number of rotatable bonds is 12. The van der Waals surface area contributed by atoms with E-state index in [1.54, 1.807) is 11.8 Å². The molecule has 0 saturated heterocycles. The Kier molecular flexibility index (Phi) is 9.71. The minimum Gasteiger partial charge on any atom is -0.480 e. The summed E-state index contributed by atoms with van der Waals surface area (Å²) in [6, 6.07) is 14.2. The molecule has 0 saturated carbocycles. The summed E-state index contributed by atoms with van der Waals surface area (Å²) in [5, 5.41) is 14.6. The molecule has 0 aliphatic heterocycles. The van der Waals surface area contributed by atoms with Crippen molar-refractivity contribution in [2.75, 3.05) is 30.6 Å². The van der Waals surface area contributed by atoms with Crippen LogP contribution in [0.4, 0.5) is 4.79 Å². The molecule has 2 atom stereocenters. The maximum absolute atomic E-state index is 12.8. The topological polar surface area (TPSA) is 105 Å². The Balaban J connectivity index is 1.64. The number of carbonyl (C=O) groups excluding carboxylic acids is 2. The molecule has 1 aliphatic carbocycles. The van der Waals surface area contributed by atoms with Crippen molar-refractivity contribution in [2.24, 2.45) is 0 Å². The lowest BCUT2D eigenvalue weighted by molar-refractivity contribution is -0.142. The second kappa shape index (κ2) is 12.7. The third kappa shape index (κ3) is 6.48. The summed E-state index contributed by atoms with van der Waals surface area (Å²) in [5.74, 6) is -0.459. The van der Waals surface area contributed by atoms with Gasteiger partial charge in [-0.3, -0.25) is 4.79 Å². The van der Waals surface area contributed by atoms with Gasteiger partial charge in [0, 0.05) is 5.92 Å². The van der Waals surface area contributed by atoms with E-state index in [1.807, 2.05) is 48.9 Å². The Labute approximate surface area is 208 Å². The zero-order valence-corrected chi connectivity index (χ0v) is 20.9. The third-order valence-corrected chi connectivity index (χ3v) is 7.08. The Morgan fingerprint density at radius 1 is 0.882 bits per heavy atom. The number of benzene rings is 2. The van der Waals surface area contributed by atoms with Crippen molar-refractivity contribution in [3.8, 4) is 11.1 Å². The zero-order chi connectivity index (χ0) is 24.5. The summed E-state index contributed by atoms with van der Waals surface area (Å²) in [6.07, 6.45) is 3.76. The lowest BCUT2D eigenvalue weighted by Crippen LogP contribution is -2.52. The molecule has 1 unspecified atom stereocenters. The molecule has 182 valence electrons. The van der Waals surface area contributed by atoms with Gasteiger partial charge in [0.15, 0.2) is 0 Å². The second-order valence-electron chi connectivity index (χ2n) is 7.98. The number of carboxylic acid groups (broad SMARTS) is 1. The van der Waals surface area contributed by atoms with E-state index in [1.165, 1.54) is 11.8 Å². The number of hydrogen-bond donors (Lipinski definition) is 3. The molecule has 2 aromatic carbocycles. The van der Waals surface area contributed by atoms with Crippen molar-refractivity contribution < 1.29 is 24.2 Å². The van der Waals surface area contributed by atoms with Crippen molar-refractivity contribution in [2.45, 2.75) is 30.8 Å². The van der Waals surface area contributed by atoms with Crippen molar-refractivity contribution >= 4 is 41.5 Å². The highest BCUT2D eigenvalue weighted by molar-refractivity contribution is 7.98. The first kappa shape index (κ1) is 26.0. The van der Waals surface area contributed by atoms with Gasteiger partial charge < -0.3 is 20.5 Å². The second-order valence-corrected chi connectivity index (χ2v) is 9.96. The number of thioether (sulfide) groups is 2. The molecule has 0 heterocycles. The maximum Gasteiger partial charge on any atom is 0.407 e. The average Bonchev–Trinajstić information content (AvgIpc) is 3.16. The predicted molar refractivity (Wildman–Crippen MR) is 138 cm³/mol. The summed E-state index contributed by atoms with van der Waals surface area (Å²) in [6.45, 7) is 0.141. The van der Waals surface area contributed by atoms with E-state index in [2.05, 4.69) is 22.8 Å². The van der Waals surface area contributed by atoms with Gasteiger partial charge in [-0.2, -0.15) is 23.5 Å². The van der Waals surface area contributed by atoms with Crippen LogP contribution in [-0.2, 0) is 14.3 Å². The standard InChI is InChI=1S/C25H30N2O5S2/c1-33-13-11-21(23(28)26-22(24(29)30)12-14-34-2)27-25(31)32-15-20-18-9-5-3-7-16(18)17-8-4-6-10-19(17)20/h3-10,20-22H,11-15H2,1-2H3,(H,26,28)(H,27,31)(H,29,30)/t21-,22?/m1/s1. The Bertz CT molecular complexity index is 971. The zero-order valence-electron chi connectivity index (χ0n) is 19.3. The van der Waals surface area contributed by atoms with Gasteiger partial charge in [0.1, 0.15) is 18.7 Å². The molecule has 9 heteroatoms. The molecular weight excluding hydrogens is 472 g/mol. The summed E-state index contributed by atoms with van der Waals surface area (Å²) in [7, 11) is 0. The Morgan fingerprint density at radius 2 is 1.41 bits per heavy atom. The van der Waals surface area contributed by atoms with Crippen LogP contribution in [0.2, 0.25) is 0 Å². The number of hydrogen-bond acceptors (Lipinski definition) is 6. The molecule has 0 bridgehead atoms. The molecule has 7 nitrogen and oxygen atoms in total. The van der Waals surface area contributed by atoms with Crippen molar-refractivity contribution in [3.63, 3.8) is 0 Å². The average molecular weight is 503 g/mol. The van der Waals surface area contributed by atoms with Gasteiger partial charge in [-0.15, -0.1) is 0 Å². The first-order chi connectivity index (χ1) is 16.5. The van der Waals surface area contributed by atoms with Crippen LogP contribution in [0.1, 0.15) is 29.9 Å². The van der Waals surface area contributed by atoms with Crippen LogP contribution in [0.15, 0.2) is 48.5 Å². The maximum atomic E-state index is 12.8. The van der Waals surface area contributed by atoms with E-state index in [-0.39, 0.29) is 12.5 Å². The van der Waals surface area contributed by atoms with Gasteiger partial charge in [-0.05, 0) is 59.1 Å². The van der Waals surface area contributed by atoms with Gasteiger partial charge in [-0.1, -0.05) is 48.5 Å². The Morgan fingerprint density at radius 3 is 1.94 bits per heavy atom. The van der Waals surface area contributed by atoms with E-state index in [0.29, 0.717) is 24.3 Å². The summed E-state index contributed by atoms with van der Waals surface area (Å²) < 4.78 is 5.56. The normalized spacial score (nSPS) is 13.9. The molecule has 0 fully saturated rings. The molecule has 1 aliphatic rings. The molecule has 3 rings (SSSR count). The van der Waals surface area contributed by atoms with E-state index < -0.39 is 30.1 Å². The lowest BCUT2D eigenvalue weighted by atomic mass is 9.98. The number of nitrogens with one attached hydrogen (secondary N) is 2. The highest BCUT2D eigenvalue weighted by atomic mass is 32.2. The van der Waals surface area contributed by atoms with Crippen molar-refractivity contribution in [1.29, 1.82) is 0 Å². The number of amides is 2. The summed E-state index contributed by atoms with van der Waals surface area (Å²) in [5.41, 5.74) is 4.47. The fraction of sp³-hybridized carbons (Fsp3) is 0.400. The highest BCUT2D eigenvalue weighted by Crippen LogP contribution is 2.44. The van der Waals surface area contributed by atoms with Crippen LogP contribution >= 0.6 is 23.5 Å². The van der Waals surface area contributed by atoms with Gasteiger partial charge in [-0.25, -0.2) is 9.59 Å². The van der Waals surface area contributed by atoms with Gasteiger partial charge in [0.2, 0.25) is 5.91 Å². The molecule has 0 spiro atoms. The quantitative estimate of drug-likeness (QED) is 0.403. The number of ether oxygens (including phenoxy) is 1. The third-order valence-electron chi connectivity index (χ3n) is 5.79. The number of fused-ring (bicyclic) bond motifs is 3. The summed E-state index contributed by atoms with van der Waals surface area (Å²) >= 11 is 3.05. The van der Waals surface area contributed by atoms with E-state index in [0.717, 1.165) is 22.3 Å². The number of alkyl carbamates (subject to hydrolysis) is 1. The fourth-order valence-electron chi connectivity index (χ4n) is 4.05. The number of carbonyl (C=O) groups is 3. The van der Waals surface area contributed by atoms with Crippen molar-refractivity contribution in [1.82, 2.24) is 10.6 Å². The fourth-order valence-corrected chi connectivity index (χ4v) is 5.00. The number of aliphatic carboxylic acids is 1. The Hall–Kier alpha value is -2.65. The van der Waals surface area contributed by atoms with Crippen LogP contribution in [0.5, 0.6) is 0 Å². The molecule has 3 N–H and O–H groups in total. The predicted octanol–water partition coefficient (Wildman–Crippen LogP) is 3.97. The largest absolute Gasteiger partial charge is 0.480 e. The van der Waals surface area contributed by atoms with Crippen LogP contribution in [0.25, 0.3) is 11.1 Å². The molecule has 2 aromatic rings. The molecule has 0 radical (unpaired) electrons. The van der Waals surface area contributed by atoms with Gasteiger partial charge >= 0.3 is 12.1 Å². The van der Waals surface area contributed by atoms with Crippen LogP contribution in [-0.4, -0.2) is 65.8 Å². The molecule has 0 aromatic heterocycles. The monoisotopic (exact) mass is 502 g/mol. The SMILES string of the molecule is CSCCC(NC(=O)[C@@H](CCSC)NC(=O)OCC1c2ccccc2-c2ccccc21)C(=O)O. The van der Waals surface area contributed by atoms with Gasteiger partial charge in [0.25, 0.3) is 0 Å². The smallest absolute Gasteiger partial charge is 0.407 e. The first-order valence-corrected chi connectivity index (χ1v) is 13.9. The minimum atomic E-state index is -1.09. The molecular formula is C25H30N2O5S2. The van der Waals surface area contributed by atoms with Crippen LogP contribution in [0.3, 0.4) is 0 Å². The van der Waals surface area contributed by atoms with E-state index >= 15 is 0 Å². The highest BCUT2D eigenvalue weighted by Gasteiger charge is 2.30. The lowest BCUT2D eigenvalue weighted by Gasteiger charge is -2.22.